The van der Waals surface area contributed by atoms with Crippen molar-refractivity contribution in [3.05, 3.63) is 59.1 Å². The zero-order chi connectivity index (χ0) is 19.0. The van der Waals surface area contributed by atoms with E-state index in [1.54, 1.807) is 34.4 Å². The Hall–Kier alpha value is -2.25. The van der Waals surface area contributed by atoms with Crippen LogP contribution in [0.25, 0.3) is 10.2 Å². The Balaban J connectivity index is 1.74. The molecule has 1 aromatic heterocycles. The molecule has 140 valence electrons. The Morgan fingerprint density at radius 1 is 1.11 bits per heavy atom. The van der Waals surface area contributed by atoms with E-state index in [1.807, 2.05) is 24.3 Å². The van der Waals surface area contributed by atoms with E-state index in [0.29, 0.717) is 6.54 Å². The van der Waals surface area contributed by atoms with Crippen molar-refractivity contribution in [2.75, 3.05) is 12.8 Å². The molecule has 0 radical (unpaired) electrons. The number of nitrogens with zero attached hydrogens (tertiary/aromatic N) is 2. The molecule has 0 spiro atoms. The lowest BCUT2D eigenvalue weighted by Gasteiger charge is -2.35. The molecule has 2 aromatic carbocycles. The van der Waals surface area contributed by atoms with E-state index in [2.05, 4.69) is 0 Å². The molecule has 1 saturated heterocycles. The van der Waals surface area contributed by atoms with Crippen LogP contribution in [0.15, 0.2) is 53.4 Å². The highest BCUT2D eigenvalue weighted by atomic mass is 32.2. The quantitative estimate of drug-likeness (QED) is 0.665. The summed E-state index contributed by atoms with van der Waals surface area (Å²) < 4.78 is 25.4. The molecule has 5 nitrogen and oxygen atoms in total. The molecule has 1 aliphatic heterocycles. The smallest absolute Gasteiger partial charge is 0.255 e. The number of fused-ring (bicyclic) bond motifs is 1. The van der Waals surface area contributed by atoms with Gasteiger partial charge in [0.05, 0.1) is 26.7 Å². The molecule has 3 aromatic rings. The van der Waals surface area contributed by atoms with Crippen LogP contribution in [0.3, 0.4) is 0 Å². The first-order valence-corrected chi connectivity index (χ1v) is 11.6. The maximum atomic E-state index is 13.3. The van der Waals surface area contributed by atoms with Crippen LogP contribution in [-0.4, -0.2) is 37.0 Å². The Morgan fingerprint density at radius 2 is 1.85 bits per heavy atom. The van der Waals surface area contributed by atoms with E-state index >= 15 is 0 Å². The van der Waals surface area contributed by atoms with Gasteiger partial charge in [-0.2, -0.15) is 0 Å². The van der Waals surface area contributed by atoms with Crippen molar-refractivity contribution in [1.82, 2.24) is 9.88 Å². The van der Waals surface area contributed by atoms with Gasteiger partial charge in [0.25, 0.3) is 5.91 Å². The Morgan fingerprint density at radius 3 is 2.63 bits per heavy atom. The average Bonchev–Trinajstić information content (AvgIpc) is 3.11. The first-order chi connectivity index (χ1) is 12.9. The number of likely N-dealkylation sites (tertiary alicyclic amines) is 1. The number of thiazole rings is 1. The highest BCUT2D eigenvalue weighted by molar-refractivity contribution is 7.90. The van der Waals surface area contributed by atoms with Gasteiger partial charge in [-0.1, -0.05) is 24.3 Å². The van der Waals surface area contributed by atoms with Crippen molar-refractivity contribution in [3.63, 3.8) is 0 Å². The highest BCUT2D eigenvalue weighted by Crippen LogP contribution is 2.36. The molecule has 0 bridgehead atoms. The first kappa shape index (κ1) is 18.1. The molecule has 1 atom stereocenters. The fourth-order valence-corrected chi connectivity index (χ4v) is 5.58. The van der Waals surface area contributed by atoms with Gasteiger partial charge >= 0.3 is 0 Å². The van der Waals surface area contributed by atoms with E-state index < -0.39 is 9.84 Å². The molecule has 4 rings (SSSR count). The monoisotopic (exact) mass is 400 g/mol. The molecule has 1 amide bonds. The molecule has 0 saturated carbocycles. The second kappa shape index (κ2) is 7.05. The molecular weight excluding hydrogens is 380 g/mol. The molecule has 1 fully saturated rings. The second-order valence-corrected chi connectivity index (χ2v) is 9.84. The third kappa shape index (κ3) is 3.49. The van der Waals surface area contributed by atoms with Crippen LogP contribution in [0, 0.1) is 0 Å². The number of carbonyl (C=O) groups is 1. The number of para-hydroxylation sites is 1. The van der Waals surface area contributed by atoms with Crippen LogP contribution < -0.4 is 0 Å². The highest BCUT2D eigenvalue weighted by Gasteiger charge is 2.32. The standard InChI is InChI=1S/C20H20N2O3S2/c1-27(24,25)18-12-5-2-8-14(18)20(23)22-13-7-6-10-16(22)19-21-15-9-3-4-11-17(15)26-19/h2-5,8-9,11-12,16H,6-7,10,13H2,1H3/t16-/m1/s1. The number of amides is 1. The van der Waals surface area contributed by atoms with Gasteiger partial charge in [-0.25, -0.2) is 13.4 Å². The summed E-state index contributed by atoms with van der Waals surface area (Å²) in [6, 6.07) is 14.3. The summed E-state index contributed by atoms with van der Waals surface area (Å²) in [5, 5.41) is 0.918. The summed E-state index contributed by atoms with van der Waals surface area (Å²) in [5.74, 6) is -0.236. The minimum Gasteiger partial charge on any atom is -0.329 e. The summed E-state index contributed by atoms with van der Waals surface area (Å²) in [5.41, 5.74) is 1.18. The molecule has 0 N–H and O–H groups in total. The number of hydrogen-bond donors (Lipinski definition) is 0. The van der Waals surface area contributed by atoms with Crippen molar-refractivity contribution in [1.29, 1.82) is 0 Å². The van der Waals surface area contributed by atoms with Crippen molar-refractivity contribution in [2.24, 2.45) is 0 Å². The van der Waals surface area contributed by atoms with E-state index in [4.69, 9.17) is 4.98 Å². The number of piperidine rings is 1. The second-order valence-electron chi connectivity index (χ2n) is 6.80. The predicted molar refractivity (Wildman–Crippen MR) is 107 cm³/mol. The zero-order valence-electron chi connectivity index (χ0n) is 15.0. The summed E-state index contributed by atoms with van der Waals surface area (Å²) in [7, 11) is -3.48. The van der Waals surface area contributed by atoms with E-state index in [1.165, 1.54) is 6.07 Å². The molecule has 1 aliphatic rings. The van der Waals surface area contributed by atoms with Crippen molar-refractivity contribution < 1.29 is 13.2 Å². The molecule has 7 heteroatoms. The van der Waals surface area contributed by atoms with Gasteiger partial charge < -0.3 is 4.90 Å². The summed E-state index contributed by atoms with van der Waals surface area (Å²) in [6.07, 6.45) is 3.92. The van der Waals surface area contributed by atoms with Crippen LogP contribution in [0.4, 0.5) is 0 Å². The lowest BCUT2D eigenvalue weighted by Crippen LogP contribution is -2.39. The number of rotatable bonds is 3. The van der Waals surface area contributed by atoms with E-state index in [9.17, 15) is 13.2 Å². The number of aromatic nitrogens is 1. The van der Waals surface area contributed by atoms with Crippen LogP contribution in [0.2, 0.25) is 0 Å². The average molecular weight is 401 g/mol. The Kier molecular flexibility index (Phi) is 4.74. The normalized spacial score (nSPS) is 18.0. The van der Waals surface area contributed by atoms with Crippen LogP contribution in [0.1, 0.15) is 40.7 Å². The van der Waals surface area contributed by atoms with Crippen LogP contribution in [0.5, 0.6) is 0 Å². The van der Waals surface area contributed by atoms with Gasteiger partial charge in [-0.15, -0.1) is 11.3 Å². The molecule has 0 unspecified atom stereocenters. The molecular formula is C20H20N2O3S2. The van der Waals surface area contributed by atoms with E-state index in [-0.39, 0.29) is 22.4 Å². The van der Waals surface area contributed by atoms with Gasteiger partial charge in [0.1, 0.15) is 5.01 Å². The number of hydrogen-bond acceptors (Lipinski definition) is 5. The van der Waals surface area contributed by atoms with Crippen molar-refractivity contribution in [2.45, 2.75) is 30.2 Å². The summed E-state index contributed by atoms with van der Waals surface area (Å²) in [6.45, 7) is 0.609. The van der Waals surface area contributed by atoms with Gasteiger partial charge in [0.2, 0.25) is 0 Å². The maximum Gasteiger partial charge on any atom is 0.255 e. The number of sulfone groups is 1. The van der Waals surface area contributed by atoms with Gasteiger partial charge in [-0.05, 0) is 43.5 Å². The molecule has 27 heavy (non-hydrogen) atoms. The molecule has 2 heterocycles. The van der Waals surface area contributed by atoms with Gasteiger partial charge in [-0.3, -0.25) is 4.79 Å². The maximum absolute atomic E-state index is 13.3. The SMILES string of the molecule is CS(=O)(=O)c1ccccc1C(=O)N1CCCC[C@@H]1c1nc2ccccc2s1. The molecule has 0 aliphatic carbocycles. The Labute approximate surface area is 162 Å². The van der Waals surface area contributed by atoms with E-state index in [0.717, 1.165) is 40.7 Å². The minimum absolute atomic E-state index is 0.0867. The van der Waals surface area contributed by atoms with Crippen LogP contribution >= 0.6 is 11.3 Å². The van der Waals surface area contributed by atoms with Crippen molar-refractivity contribution >= 4 is 37.3 Å². The third-order valence-corrected chi connectivity index (χ3v) is 7.17. The zero-order valence-corrected chi connectivity index (χ0v) is 16.6. The van der Waals surface area contributed by atoms with Gasteiger partial charge in [0, 0.05) is 12.8 Å². The predicted octanol–water partition coefficient (Wildman–Crippen LogP) is 4.07. The van der Waals surface area contributed by atoms with Gasteiger partial charge in [0.15, 0.2) is 9.84 Å². The number of benzene rings is 2. The Bertz CT molecular complexity index is 1070. The van der Waals surface area contributed by atoms with Crippen LogP contribution in [-0.2, 0) is 9.84 Å². The fourth-order valence-electron chi connectivity index (χ4n) is 3.59. The number of carbonyl (C=O) groups excluding carboxylic acids is 1. The largest absolute Gasteiger partial charge is 0.329 e. The fraction of sp³-hybridized carbons (Fsp3) is 0.300. The lowest BCUT2D eigenvalue weighted by molar-refractivity contribution is 0.0607. The summed E-state index contributed by atoms with van der Waals surface area (Å²) >= 11 is 1.61. The first-order valence-electron chi connectivity index (χ1n) is 8.90. The summed E-state index contributed by atoms with van der Waals surface area (Å²) in [4.78, 5) is 19.9. The topological polar surface area (TPSA) is 67.3 Å². The lowest BCUT2D eigenvalue weighted by atomic mass is 10.0. The van der Waals surface area contributed by atoms with Crippen molar-refractivity contribution in [3.8, 4) is 0 Å². The minimum atomic E-state index is -3.48. The third-order valence-electron chi connectivity index (χ3n) is 4.88.